The molecular formula is C41H52F3N5O8S. The van der Waals surface area contributed by atoms with Crippen LogP contribution in [0.5, 0.6) is 5.75 Å². The third-order valence-corrected chi connectivity index (χ3v) is 14.4. The number of alkyl halides is 3. The number of aryl methyl sites for hydroxylation is 2. The van der Waals surface area contributed by atoms with Crippen molar-refractivity contribution < 1.29 is 50.2 Å². The topological polar surface area (TPSA) is 173 Å². The summed E-state index contributed by atoms with van der Waals surface area (Å²) >= 11 is 0. The summed E-state index contributed by atoms with van der Waals surface area (Å²) in [5.41, 5.74) is -2.63. The summed E-state index contributed by atoms with van der Waals surface area (Å²) in [5.74, 6) is -2.35. The summed E-state index contributed by atoms with van der Waals surface area (Å²) in [6.45, 7) is 8.90. The Kier molecular flexibility index (Phi) is 10.6. The van der Waals surface area contributed by atoms with E-state index in [0.29, 0.717) is 54.3 Å². The lowest BCUT2D eigenvalue weighted by atomic mass is 9.87. The number of carbonyl (C=O) groups excluding carboxylic acids is 4. The van der Waals surface area contributed by atoms with E-state index in [9.17, 15) is 40.8 Å². The van der Waals surface area contributed by atoms with E-state index >= 15 is 0 Å². The molecule has 7 rings (SSSR count). The first-order valence-corrected chi connectivity index (χ1v) is 21.5. The third kappa shape index (κ3) is 8.24. The first-order valence-electron chi connectivity index (χ1n) is 20.0. The summed E-state index contributed by atoms with van der Waals surface area (Å²) in [6, 6.07) is 1.05. The molecular weight excluding hydrogens is 780 g/mol. The van der Waals surface area contributed by atoms with Crippen molar-refractivity contribution in [2.24, 2.45) is 11.3 Å². The molecule has 5 aliphatic rings. The van der Waals surface area contributed by atoms with Gasteiger partial charge in [-0.3, -0.25) is 19.1 Å². The Bertz CT molecular complexity index is 2170. The Balaban J connectivity index is 1.24. The molecule has 2 aromatic rings. The van der Waals surface area contributed by atoms with E-state index in [-0.39, 0.29) is 56.4 Å². The number of halogens is 3. The van der Waals surface area contributed by atoms with Crippen LogP contribution >= 0.6 is 0 Å². The van der Waals surface area contributed by atoms with Gasteiger partial charge in [0.25, 0.3) is 5.91 Å². The Morgan fingerprint density at radius 1 is 1.09 bits per heavy atom. The highest BCUT2D eigenvalue weighted by Gasteiger charge is 2.64. The minimum absolute atomic E-state index is 0.0557. The number of amides is 4. The number of rotatable bonds is 5. The van der Waals surface area contributed by atoms with Gasteiger partial charge in [-0.25, -0.2) is 18.2 Å². The lowest BCUT2D eigenvalue weighted by Gasteiger charge is -2.37. The molecule has 3 aliphatic heterocycles. The maximum absolute atomic E-state index is 14.7. The Morgan fingerprint density at radius 3 is 2.52 bits per heavy atom. The van der Waals surface area contributed by atoms with E-state index in [1.807, 2.05) is 32.9 Å². The largest absolute Gasteiger partial charge is 0.483 e. The second-order valence-corrected chi connectivity index (χ2v) is 20.5. The molecule has 2 saturated carbocycles. The SMILES string of the molecule is Cc1nc2ccc(C(F)(F)F)cc2c2c1O[C@]1(CC2)C[C@H]2C(=O)N[C@]3(C(=O)NS(=O)(=O)C4(C)CC4)C[C@H]3/C=C\CCCCC[C@H](NC(=O)OCC(C)(C)C)C(=O)N2C1. The number of hydrogen-bond donors (Lipinski definition) is 3. The molecule has 0 bridgehead atoms. The van der Waals surface area contributed by atoms with E-state index in [2.05, 4.69) is 20.3 Å². The fraction of sp³-hybridized carbons (Fsp3) is 0.634. The molecule has 5 atom stereocenters. The normalized spacial score (nSPS) is 29.1. The standard InChI is InChI=1S/C41H52F3N5O8S/c1-24-32-27(28-19-25(41(42,43)44)13-14-29(28)45-24)15-16-39(57-32)21-31-33(50)47-40(35(52)48-58(54,55)38(5)17-18-38)20-26(40)11-9-7-6-8-10-12-30(34(51)49(31)22-39)46-36(53)56-23-37(2,3)4/h9,11,13-14,19,26,30-31H,6-8,10,12,15-18,20-23H2,1-5H3,(H,46,53)(H,47,50)(H,48,52)/b11-9-/t26-,30+,31+,39-,40-/m1/s1. The van der Waals surface area contributed by atoms with Gasteiger partial charge in [0.2, 0.25) is 21.8 Å². The second kappa shape index (κ2) is 14.7. The summed E-state index contributed by atoms with van der Waals surface area (Å²) in [6.07, 6.45) is 2.64. The molecule has 1 aromatic heterocycles. The van der Waals surface area contributed by atoms with Gasteiger partial charge in [-0.15, -0.1) is 0 Å². The van der Waals surface area contributed by atoms with Gasteiger partial charge in [0.05, 0.1) is 34.7 Å². The van der Waals surface area contributed by atoms with E-state index in [1.54, 1.807) is 13.8 Å². The average molecular weight is 832 g/mol. The molecule has 1 spiro atoms. The van der Waals surface area contributed by atoms with Crippen molar-refractivity contribution in [1.29, 1.82) is 0 Å². The van der Waals surface area contributed by atoms with Crippen LogP contribution in [0.25, 0.3) is 10.9 Å². The Morgan fingerprint density at radius 2 is 1.83 bits per heavy atom. The number of sulfonamides is 1. The van der Waals surface area contributed by atoms with Crippen LogP contribution in [-0.4, -0.2) is 83.2 Å². The van der Waals surface area contributed by atoms with Crippen molar-refractivity contribution in [3.63, 3.8) is 0 Å². The van der Waals surface area contributed by atoms with Crippen molar-refractivity contribution in [2.45, 2.75) is 139 Å². The summed E-state index contributed by atoms with van der Waals surface area (Å²) in [4.78, 5) is 62.3. The molecule has 1 aromatic carbocycles. The maximum Gasteiger partial charge on any atom is 0.416 e. The monoisotopic (exact) mass is 831 g/mol. The summed E-state index contributed by atoms with van der Waals surface area (Å²) < 4.78 is 81.1. The van der Waals surface area contributed by atoms with Gasteiger partial charge in [-0.2, -0.15) is 13.2 Å². The van der Waals surface area contributed by atoms with Gasteiger partial charge in [0, 0.05) is 23.3 Å². The third-order valence-electron chi connectivity index (χ3n) is 12.2. The molecule has 3 fully saturated rings. The van der Waals surface area contributed by atoms with E-state index < -0.39 is 79.5 Å². The predicted molar refractivity (Wildman–Crippen MR) is 207 cm³/mol. The maximum atomic E-state index is 14.7. The number of aromatic nitrogens is 1. The Labute approximate surface area is 336 Å². The highest BCUT2D eigenvalue weighted by molar-refractivity contribution is 7.91. The molecule has 3 N–H and O–H groups in total. The number of pyridine rings is 1. The van der Waals surface area contributed by atoms with Gasteiger partial charge in [-0.1, -0.05) is 45.8 Å². The zero-order valence-electron chi connectivity index (χ0n) is 33.5. The minimum atomic E-state index is -4.58. The molecule has 17 heteroatoms. The molecule has 4 heterocycles. The van der Waals surface area contributed by atoms with Gasteiger partial charge in [-0.05, 0) is 88.8 Å². The quantitative estimate of drug-likeness (QED) is 0.317. The number of allylic oxidation sites excluding steroid dienone is 1. The lowest BCUT2D eigenvalue weighted by Crippen LogP contribution is -2.58. The van der Waals surface area contributed by atoms with Gasteiger partial charge < -0.3 is 25.0 Å². The van der Waals surface area contributed by atoms with Crippen LogP contribution in [0, 0.1) is 18.3 Å². The number of alkyl carbamates (subject to hydrolysis) is 1. The van der Waals surface area contributed by atoms with Gasteiger partial charge in [0.1, 0.15) is 29.0 Å². The van der Waals surface area contributed by atoms with Gasteiger partial charge in [0.15, 0.2) is 0 Å². The highest BCUT2D eigenvalue weighted by atomic mass is 32.2. The smallest absolute Gasteiger partial charge is 0.416 e. The number of hydrogen-bond acceptors (Lipinski definition) is 9. The van der Waals surface area contributed by atoms with Crippen molar-refractivity contribution in [3.8, 4) is 5.75 Å². The van der Waals surface area contributed by atoms with Crippen LogP contribution in [0.4, 0.5) is 18.0 Å². The molecule has 2 aliphatic carbocycles. The van der Waals surface area contributed by atoms with Crippen LogP contribution in [0.1, 0.15) is 109 Å². The first-order chi connectivity index (χ1) is 27.1. The van der Waals surface area contributed by atoms with E-state index in [0.717, 1.165) is 18.6 Å². The zero-order chi connectivity index (χ0) is 42.1. The molecule has 316 valence electrons. The van der Waals surface area contributed by atoms with E-state index in [1.165, 1.54) is 11.0 Å². The zero-order valence-corrected chi connectivity index (χ0v) is 34.3. The molecule has 1 saturated heterocycles. The predicted octanol–water partition coefficient (Wildman–Crippen LogP) is 5.76. The first kappa shape index (κ1) is 41.7. The highest BCUT2D eigenvalue weighted by Crippen LogP contribution is 2.49. The fourth-order valence-electron chi connectivity index (χ4n) is 8.33. The van der Waals surface area contributed by atoms with Crippen molar-refractivity contribution in [3.05, 3.63) is 47.2 Å². The van der Waals surface area contributed by atoms with Crippen molar-refractivity contribution in [1.82, 2.24) is 25.2 Å². The van der Waals surface area contributed by atoms with Crippen molar-refractivity contribution in [2.75, 3.05) is 13.2 Å². The number of benzene rings is 1. The van der Waals surface area contributed by atoms with Gasteiger partial charge >= 0.3 is 12.3 Å². The average Bonchev–Trinajstić information content (AvgIpc) is 4.03. The summed E-state index contributed by atoms with van der Waals surface area (Å²) in [5, 5.41) is 5.89. The fourth-order valence-corrected chi connectivity index (χ4v) is 9.65. The number of ether oxygens (including phenoxy) is 2. The molecule has 4 amide bonds. The number of carbonyl (C=O) groups is 4. The number of nitrogens with zero attached hydrogens (tertiary/aromatic N) is 2. The number of fused-ring (bicyclic) bond motifs is 5. The van der Waals surface area contributed by atoms with Crippen LogP contribution < -0.4 is 20.1 Å². The van der Waals surface area contributed by atoms with Crippen molar-refractivity contribution >= 4 is 44.7 Å². The second-order valence-electron chi connectivity index (χ2n) is 18.3. The molecule has 58 heavy (non-hydrogen) atoms. The lowest BCUT2D eigenvalue weighted by molar-refractivity contribution is -0.141. The Hall–Kier alpha value is -4.41. The number of nitrogens with one attached hydrogen (secondary N) is 3. The summed E-state index contributed by atoms with van der Waals surface area (Å²) in [7, 11) is -4.05. The van der Waals surface area contributed by atoms with Crippen LogP contribution in [0.15, 0.2) is 30.4 Å². The van der Waals surface area contributed by atoms with Crippen LogP contribution in [-0.2, 0) is 41.7 Å². The molecule has 0 radical (unpaired) electrons. The molecule has 13 nitrogen and oxygen atoms in total. The van der Waals surface area contributed by atoms with E-state index in [4.69, 9.17) is 9.47 Å². The molecule has 0 unspecified atom stereocenters. The minimum Gasteiger partial charge on any atom is -0.483 e. The van der Waals surface area contributed by atoms with Crippen LogP contribution in [0.2, 0.25) is 0 Å². The van der Waals surface area contributed by atoms with Crippen LogP contribution in [0.3, 0.4) is 0 Å².